The average Bonchev–Trinajstić information content (AvgIpc) is 2.26. The summed E-state index contributed by atoms with van der Waals surface area (Å²) in [5, 5.41) is 0. The fourth-order valence-corrected chi connectivity index (χ4v) is 3.83. The van der Waals surface area contributed by atoms with E-state index in [1.165, 1.54) is 0 Å². The molecule has 1 aliphatic carbocycles. The summed E-state index contributed by atoms with van der Waals surface area (Å²) in [6, 6.07) is 7.10. The fourth-order valence-electron chi connectivity index (χ4n) is 2.28. The van der Waals surface area contributed by atoms with Gasteiger partial charge in [-0.15, -0.1) is 0 Å². The minimum absolute atomic E-state index is 0.00447. The van der Waals surface area contributed by atoms with Crippen molar-refractivity contribution in [3.63, 3.8) is 0 Å². The summed E-state index contributed by atoms with van der Waals surface area (Å²) in [6.45, 7) is 2.12. The van der Waals surface area contributed by atoms with Crippen LogP contribution in [-0.2, 0) is 15.8 Å². The Morgan fingerprint density at radius 2 is 1.95 bits per heavy atom. The molecule has 0 unspecified atom stereocenters. The van der Waals surface area contributed by atoms with E-state index in [2.05, 4.69) is 11.6 Å². The summed E-state index contributed by atoms with van der Waals surface area (Å²) >= 11 is 4.85. The van der Waals surface area contributed by atoms with Gasteiger partial charge in [-0.2, -0.15) is 0 Å². The first-order chi connectivity index (χ1) is 8.85. The normalized spacial score (nSPS) is 22.8. The van der Waals surface area contributed by atoms with E-state index in [0.717, 1.165) is 24.0 Å². The molecule has 0 saturated heterocycles. The van der Waals surface area contributed by atoms with Crippen LogP contribution in [-0.4, -0.2) is 19.4 Å². The zero-order chi connectivity index (χ0) is 14.0. The van der Waals surface area contributed by atoms with Gasteiger partial charge in [-0.25, -0.2) is 13.1 Å². The van der Waals surface area contributed by atoms with Gasteiger partial charge in [-0.05, 0) is 24.3 Å². The Labute approximate surface area is 119 Å². The van der Waals surface area contributed by atoms with Crippen molar-refractivity contribution in [1.29, 1.82) is 0 Å². The standard InChI is InChI=1S/C13H18N2O2S2/c1-9-6-12(7-9)15-19(16,17)8-10-2-4-11(5-3-10)13(14)18/h2-5,9,12,15H,6-8H2,1H3,(H2,14,18). The van der Waals surface area contributed by atoms with E-state index in [0.29, 0.717) is 10.9 Å². The van der Waals surface area contributed by atoms with E-state index in [1.54, 1.807) is 24.3 Å². The third-order valence-electron chi connectivity index (χ3n) is 3.32. The lowest BCUT2D eigenvalue weighted by molar-refractivity contribution is 0.270. The van der Waals surface area contributed by atoms with Crippen molar-refractivity contribution in [3.05, 3.63) is 35.4 Å². The minimum atomic E-state index is -3.27. The van der Waals surface area contributed by atoms with Crippen LogP contribution in [0.5, 0.6) is 0 Å². The zero-order valence-electron chi connectivity index (χ0n) is 10.8. The number of hydrogen-bond acceptors (Lipinski definition) is 3. The molecular formula is C13H18N2O2S2. The highest BCUT2D eigenvalue weighted by Crippen LogP contribution is 2.27. The quantitative estimate of drug-likeness (QED) is 0.809. The van der Waals surface area contributed by atoms with Crippen LogP contribution in [0, 0.1) is 5.92 Å². The molecule has 104 valence electrons. The van der Waals surface area contributed by atoms with Gasteiger partial charge in [0.25, 0.3) is 0 Å². The van der Waals surface area contributed by atoms with Crippen molar-refractivity contribution in [1.82, 2.24) is 4.72 Å². The monoisotopic (exact) mass is 298 g/mol. The molecule has 0 aromatic heterocycles. The molecule has 0 amide bonds. The summed E-state index contributed by atoms with van der Waals surface area (Å²) < 4.78 is 26.7. The maximum absolute atomic E-state index is 12.0. The van der Waals surface area contributed by atoms with Crippen molar-refractivity contribution in [2.75, 3.05) is 0 Å². The van der Waals surface area contributed by atoms with Crippen LogP contribution in [0.2, 0.25) is 0 Å². The predicted molar refractivity (Wildman–Crippen MR) is 80.3 cm³/mol. The van der Waals surface area contributed by atoms with Crippen LogP contribution >= 0.6 is 12.2 Å². The molecule has 1 aromatic rings. The number of hydrogen-bond donors (Lipinski definition) is 2. The van der Waals surface area contributed by atoms with Gasteiger partial charge in [-0.1, -0.05) is 43.4 Å². The Kier molecular flexibility index (Phi) is 4.23. The Morgan fingerprint density at radius 3 is 2.42 bits per heavy atom. The fraction of sp³-hybridized carbons (Fsp3) is 0.462. The third-order valence-corrected chi connectivity index (χ3v) is 4.96. The summed E-state index contributed by atoms with van der Waals surface area (Å²) in [5.41, 5.74) is 6.98. The molecule has 1 aliphatic rings. The van der Waals surface area contributed by atoms with Gasteiger partial charge in [-0.3, -0.25) is 0 Å². The van der Waals surface area contributed by atoms with Crippen molar-refractivity contribution < 1.29 is 8.42 Å². The van der Waals surface area contributed by atoms with Crippen molar-refractivity contribution in [3.8, 4) is 0 Å². The van der Waals surface area contributed by atoms with Crippen LogP contribution < -0.4 is 10.5 Å². The summed E-state index contributed by atoms with van der Waals surface area (Å²) in [7, 11) is -3.27. The first-order valence-electron chi connectivity index (χ1n) is 6.24. The Hall–Kier alpha value is -0.980. The van der Waals surface area contributed by atoms with Crippen molar-refractivity contribution in [2.24, 2.45) is 11.7 Å². The molecule has 0 heterocycles. The first-order valence-corrected chi connectivity index (χ1v) is 8.30. The second-order valence-electron chi connectivity index (χ2n) is 5.21. The van der Waals surface area contributed by atoms with Gasteiger partial charge < -0.3 is 5.73 Å². The Morgan fingerprint density at radius 1 is 1.37 bits per heavy atom. The summed E-state index contributed by atoms with van der Waals surface area (Å²) in [6.07, 6.45) is 1.86. The molecule has 1 saturated carbocycles. The Bertz CT molecular complexity index is 561. The highest BCUT2D eigenvalue weighted by molar-refractivity contribution is 7.88. The smallest absolute Gasteiger partial charge is 0.216 e. The largest absolute Gasteiger partial charge is 0.389 e. The van der Waals surface area contributed by atoms with Crippen LogP contribution in [0.25, 0.3) is 0 Å². The van der Waals surface area contributed by atoms with Crippen LogP contribution in [0.15, 0.2) is 24.3 Å². The van der Waals surface area contributed by atoms with E-state index >= 15 is 0 Å². The molecule has 6 heteroatoms. The van der Waals surface area contributed by atoms with Crippen molar-refractivity contribution in [2.45, 2.75) is 31.6 Å². The Balaban J connectivity index is 1.97. The lowest BCUT2D eigenvalue weighted by Gasteiger charge is -2.32. The first kappa shape index (κ1) is 14.4. The van der Waals surface area contributed by atoms with Crippen molar-refractivity contribution >= 4 is 27.2 Å². The minimum Gasteiger partial charge on any atom is -0.389 e. The second-order valence-corrected chi connectivity index (χ2v) is 7.41. The van der Waals surface area contributed by atoms with Gasteiger partial charge in [0, 0.05) is 11.6 Å². The van der Waals surface area contributed by atoms with Gasteiger partial charge in [0.2, 0.25) is 10.0 Å². The lowest BCUT2D eigenvalue weighted by atomic mass is 9.83. The lowest BCUT2D eigenvalue weighted by Crippen LogP contribution is -2.43. The number of benzene rings is 1. The van der Waals surface area contributed by atoms with Crippen LogP contribution in [0.1, 0.15) is 30.9 Å². The van der Waals surface area contributed by atoms with Gasteiger partial charge in [0.1, 0.15) is 4.99 Å². The van der Waals surface area contributed by atoms with E-state index in [-0.39, 0.29) is 11.8 Å². The topological polar surface area (TPSA) is 72.2 Å². The summed E-state index contributed by atoms with van der Waals surface area (Å²) in [4.78, 5) is 0.316. The molecule has 0 bridgehead atoms. The molecule has 1 fully saturated rings. The summed E-state index contributed by atoms with van der Waals surface area (Å²) in [5.74, 6) is 0.618. The van der Waals surface area contributed by atoms with Crippen LogP contribution in [0.3, 0.4) is 0 Å². The highest BCUT2D eigenvalue weighted by atomic mass is 32.2. The molecule has 4 nitrogen and oxygen atoms in total. The maximum atomic E-state index is 12.0. The SMILES string of the molecule is CC1CC(NS(=O)(=O)Cc2ccc(C(N)=S)cc2)C1. The number of thiocarbonyl (C=S) groups is 1. The molecule has 19 heavy (non-hydrogen) atoms. The number of sulfonamides is 1. The molecule has 2 rings (SSSR count). The molecule has 1 aromatic carbocycles. The number of rotatable bonds is 5. The van der Waals surface area contributed by atoms with E-state index in [9.17, 15) is 8.42 Å². The van der Waals surface area contributed by atoms with Gasteiger partial charge in [0.05, 0.1) is 5.75 Å². The zero-order valence-corrected chi connectivity index (χ0v) is 12.4. The molecule has 0 spiro atoms. The van der Waals surface area contributed by atoms with Gasteiger partial charge >= 0.3 is 0 Å². The average molecular weight is 298 g/mol. The van der Waals surface area contributed by atoms with Gasteiger partial charge in [0.15, 0.2) is 0 Å². The second kappa shape index (κ2) is 5.56. The van der Waals surface area contributed by atoms with E-state index in [1.807, 2.05) is 0 Å². The number of nitrogens with one attached hydrogen (secondary N) is 1. The molecular weight excluding hydrogens is 280 g/mol. The molecule has 0 radical (unpaired) electrons. The maximum Gasteiger partial charge on any atom is 0.216 e. The molecule has 0 atom stereocenters. The highest BCUT2D eigenvalue weighted by Gasteiger charge is 2.28. The molecule has 3 N–H and O–H groups in total. The van der Waals surface area contributed by atoms with E-state index in [4.69, 9.17) is 18.0 Å². The van der Waals surface area contributed by atoms with Crippen LogP contribution in [0.4, 0.5) is 0 Å². The molecule has 0 aliphatic heterocycles. The predicted octanol–water partition coefficient (Wildman–Crippen LogP) is 1.54. The number of nitrogens with two attached hydrogens (primary N) is 1. The van der Waals surface area contributed by atoms with E-state index < -0.39 is 10.0 Å². The third kappa shape index (κ3) is 3.99.